The number of Topliss-reactive ketones (excluding diaryl/α,β-unsaturated/α-hetero) is 1. The van der Waals surface area contributed by atoms with Gasteiger partial charge in [0.05, 0.1) is 0 Å². The highest BCUT2D eigenvalue weighted by molar-refractivity contribution is 5.96. The maximum absolute atomic E-state index is 12.1. The Morgan fingerprint density at radius 2 is 1.15 bits per heavy atom. The molecule has 0 aromatic heterocycles. The van der Waals surface area contributed by atoms with Crippen molar-refractivity contribution in [3.63, 3.8) is 0 Å². The van der Waals surface area contributed by atoms with Gasteiger partial charge in [0.15, 0.2) is 5.78 Å². The number of carbonyl (C=O) groups excluding carboxylic acids is 1. The predicted molar refractivity (Wildman–Crippen MR) is 108 cm³/mol. The van der Waals surface area contributed by atoms with Crippen molar-refractivity contribution < 1.29 is 4.79 Å². The number of nitrogens with one attached hydrogen (secondary N) is 1. The highest BCUT2D eigenvalue weighted by Gasteiger charge is 2.05. The molecule has 0 saturated carbocycles. The molecule has 1 N–H and O–H groups in total. The predicted octanol–water partition coefficient (Wildman–Crippen LogP) is 4.98. The Balaban J connectivity index is 1.60. The third-order valence-electron chi connectivity index (χ3n) is 4.24. The van der Waals surface area contributed by atoms with E-state index in [0.29, 0.717) is 13.0 Å². The molecule has 0 amide bonds. The van der Waals surface area contributed by atoms with Gasteiger partial charge in [0.1, 0.15) is 0 Å². The van der Waals surface area contributed by atoms with Gasteiger partial charge in [-0.3, -0.25) is 4.79 Å². The second kappa shape index (κ2) is 9.50. The summed E-state index contributed by atoms with van der Waals surface area (Å²) in [5, 5.41) is 3.36. The minimum absolute atomic E-state index is 0.174. The van der Waals surface area contributed by atoms with Crippen molar-refractivity contribution in [3.8, 4) is 0 Å². The quantitative estimate of drug-likeness (QED) is 0.462. The van der Waals surface area contributed by atoms with Crippen LogP contribution in [0, 0.1) is 0 Å². The third kappa shape index (κ3) is 5.01. The van der Waals surface area contributed by atoms with Gasteiger partial charge >= 0.3 is 0 Å². The van der Waals surface area contributed by atoms with Gasteiger partial charge in [0, 0.05) is 25.1 Å². The van der Waals surface area contributed by atoms with Crippen LogP contribution in [-0.2, 0) is 0 Å². The molecule has 0 bridgehead atoms. The monoisotopic (exact) mass is 341 g/mol. The number of ketones is 1. The SMILES string of the molecule is O=C(CCNCC=C(c1ccccc1)c1ccccc1)c1ccccc1. The van der Waals surface area contributed by atoms with E-state index < -0.39 is 0 Å². The molecule has 130 valence electrons. The fraction of sp³-hybridized carbons (Fsp3) is 0.125. The van der Waals surface area contributed by atoms with Crippen LogP contribution in [0.2, 0.25) is 0 Å². The first-order chi connectivity index (χ1) is 12.8. The lowest BCUT2D eigenvalue weighted by molar-refractivity contribution is 0.0983. The summed E-state index contributed by atoms with van der Waals surface area (Å²) < 4.78 is 0. The topological polar surface area (TPSA) is 29.1 Å². The molecule has 0 fully saturated rings. The molecule has 3 rings (SSSR count). The van der Waals surface area contributed by atoms with Gasteiger partial charge in [0.2, 0.25) is 0 Å². The van der Waals surface area contributed by atoms with Gasteiger partial charge in [-0.1, -0.05) is 97.1 Å². The number of rotatable bonds is 8. The minimum atomic E-state index is 0.174. The van der Waals surface area contributed by atoms with Gasteiger partial charge < -0.3 is 5.32 Å². The summed E-state index contributed by atoms with van der Waals surface area (Å²) in [6, 6.07) is 30.2. The lowest BCUT2D eigenvalue weighted by Crippen LogP contribution is -2.18. The third-order valence-corrected chi connectivity index (χ3v) is 4.24. The largest absolute Gasteiger partial charge is 0.313 e. The van der Waals surface area contributed by atoms with Crippen LogP contribution >= 0.6 is 0 Å². The van der Waals surface area contributed by atoms with E-state index in [9.17, 15) is 4.79 Å². The van der Waals surface area contributed by atoms with E-state index in [1.807, 2.05) is 42.5 Å². The summed E-state index contributed by atoms with van der Waals surface area (Å²) in [4.78, 5) is 12.1. The molecular formula is C24H23NO. The van der Waals surface area contributed by atoms with Crippen molar-refractivity contribution in [2.45, 2.75) is 6.42 Å². The number of carbonyl (C=O) groups is 1. The molecule has 0 radical (unpaired) electrons. The van der Waals surface area contributed by atoms with E-state index >= 15 is 0 Å². The smallest absolute Gasteiger partial charge is 0.164 e. The summed E-state index contributed by atoms with van der Waals surface area (Å²) in [5.41, 5.74) is 4.37. The second-order valence-electron chi connectivity index (χ2n) is 6.09. The number of hydrogen-bond donors (Lipinski definition) is 1. The lowest BCUT2D eigenvalue weighted by Gasteiger charge is -2.09. The van der Waals surface area contributed by atoms with Crippen LogP contribution < -0.4 is 5.32 Å². The van der Waals surface area contributed by atoms with Gasteiger partial charge in [0.25, 0.3) is 0 Å². The zero-order chi connectivity index (χ0) is 18.0. The molecule has 0 heterocycles. The zero-order valence-corrected chi connectivity index (χ0v) is 14.8. The Morgan fingerprint density at radius 1 is 0.692 bits per heavy atom. The molecule has 0 saturated heterocycles. The van der Waals surface area contributed by atoms with Crippen LogP contribution in [0.15, 0.2) is 97.1 Å². The van der Waals surface area contributed by atoms with E-state index in [-0.39, 0.29) is 5.78 Å². The minimum Gasteiger partial charge on any atom is -0.313 e. The average molecular weight is 341 g/mol. The van der Waals surface area contributed by atoms with Gasteiger partial charge in [-0.05, 0) is 16.7 Å². The van der Waals surface area contributed by atoms with Gasteiger partial charge in [-0.2, -0.15) is 0 Å². The highest BCUT2D eigenvalue weighted by atomic mass is 16.1. The Kier molecular flexibility index (Phi) is 6.52. The summed E-state index contributed by atoms with van der Waals surface area (Å²) >= 11 is 0. The first-order valence-electron chi connectivity index (χ1n) is 8.94. The van der Waals surface area contributed by atoms with E-state index in [4.69, 9.17) is 0 Å². The molecule has 2 nitrogen and oxygen atoms in total. The molecule has 26 heavy (non-hydrogen) atoms. The van der Waals surface area contributed by atoms with Gasteiger partial charge in [-0.25, -0.2) is 0 Å². The van der Waals surface area contributed by atoms with Crippen LogP contribution in [0.1, 0.15) is 27.9 Å². The summed E-state index contributed by atoms with van der Waals surface area (Å²) in [6.45, 7) is 1.39. The molecule has 0 unspecified atom stereocenters. The van der Waals surface area contributed by atoms with Crippen molar-refractivity contribution in [2.24, 2.45) is 0 Å². The summed E-state index contributed by atoms with van der Waals surface area (Å²) in [7, 11) is 0. The molecular weight excluding hydrogens is 318 g/mol. The van der Waals surface area contributed by atoms with Crippen molar-refractivity contribution >= 4 is 11.4 Å². The van der Waals surface area contributed by atoms with Crippen LogP contribution in [-0.4, -0.2) is 18.9 Å². The molecule has 0 aliphatic heterocycles. The van der Waals surface area contributed by atoms with Crippen molar-refractivity contribution in [3.05, 3.63) is 114 Å². The fourth-order valence-corrected chi connectivity index (χ4v) is 2.88. The zero-order valence-electron chi connectivity index (χ0n) is 14.8. The van der Waals surface area contributed by atoms with E-state index in [1.165, 1.54) is 16.7 Å². The fourth-order valence-electron chi connectivity index (χ4n) is 2.88. The number of benzene rings is 3. The van der Waals surface area contributed by atoms with Crippen molar-refractivity contribution in [2.75, 3.05) is 13.1 Å². The van der Waals surface area contributed by atoms with Gasteiger partial charge in [-0.15, -0.1) is 0 Å². The maximum Gasteiger partial charge on any atom is 0.164 e. The van der Waals surface area contributed by atoms with Crippen LogP contribution in [0.3, 0.4) is 0 Å². The Hall–Kier alpha value is -2.97. The average Bonchev–Trinajstić information content (AvgIpc) is 2.72. The number of hydrogen-bond acceptors (Lipinski definition) is 2. The Labute approximate surface area is 155 Å². The molecule has 0 spiro atoms. The molecule has 3 aromatic carbocycles. The first kappa shape index (κ1) is 17.8. The molecule has 2 heteroatoms. The standard InChI is InChI=1S/C24H23NO/c26-24(22-14-8-3-9-15-22)17-19-25-18-16-23(20-10-4-1-5-11-20)21-12-6-2-7-13-21/h1-16,25H,17-19H2. The summed E-state index contributed by atoms with van der Waals surface area (Å²) in [6.07, 6.45) is 2.70. The van der Waals surface area contributed by atoms with Crippen molar-refractivity contribution in [1.82, 2.24) is 5.32 Å². The van der Waals surface area contributed by atoms with Crippen LogP contribution in [0.4, 0.5) is 0 Å². The normalized spacial score (nSPS) is 10.3. The first-order valence-corrected chi connectivity index (χ1v) is 8.94. The molecule has 0 atom stereocenters. The molecule has 3 aromatic rings. The van der Waals surface area contributed by atoms with Crippen LogP contribution in [0.25, 0.3) is 5.57 Å². The van der Waals surface area contributed by atoms with Crippen LogP contribution in [0.5, 0.6) is 0 Å². The Morgan fingerprint density at radius 3 is 1.65 bits per heavy atom. The van der Waals surface area contributed by atoms with E-state index in [0.717, 1.165) is 12.1 Å². The maximum atomic E-state index is 12.1. The van der Waals surface area contributed by atoms with Crippen molar-refractivity contribution in [1.29, 1.82) is 0 Å². The molecule has 0 aliphatic carbocycles. The Bertz CT molecular complexity index is 798. The van der Waals surface area contributed by atoms with E-state index in [2.05, 4.69) is 59.9 Å². The lowest BCUT2D eigenvalue weighted by atomic mass is 9.97. The van der Waals surface area contributed by atoms with E-state index in [1.54, 1.807) is 0 Å². The highest BCUT2D eigenvalue weighted by Crippen LogP contribution is 2.22. The summed E-state index contributed by atoms with van der Waals surface area (Å²) in [5.74, 6) is 0.174. The molecule has 0 aliphatic rings. The second-order valence-corrected chi connectivity index (χ2v) is 6.09.